The smallest absolute Gasteiger partial charge is 0.224 e. The van der Waals surface area contributed by atoms with Gasteiger partial charge in [-0.2, -0.15) is 0 Å². The molecule has 106 valence electrons. The van der Waals surface area contributed by atoms with E-state index in [0.717, 1.165) is 50.8 Å². The third-order valence-corrected chi connectivity index (χ3v) is 3.13. The summed E-state index contributed by atoms with van der Waals surface area (Å²) in [6.07, 6.45) is 7.04. The number of benzene rings is 1. The summed E-state index contributed by atoms with van der Waals surface area (Å²) < 4.78 is 0. The highest BCUT2D eigenvalue weighted by molar-refractivity contribution is 5.90. The molecule has 1 rings (SSSR count). The molecule has 3 nitrogen and oxygen atoms in total. The minimum absolute atomic E-state index is 0.107. The van der Waals surface area contributed by atoms with Crippen LogP contribution in [0.4, 0.5) is 5.69 Å². The molecule has 19 heavy (non-hydrogen) atoms. The van der Waals surface area contributed by atoms with Crippen LogP contribution in [-0.4, -0.2) is 12.5 Å². The van der Waals surface area contributed by atoms with Crippen molar-refractivity contribution >= 4 is 11.6 Å². The monoisotopic (exact) mass is 262 g/mol. The SMILES string of the molecule is CCCc1ccc(NC(=O)CCCCCCN)cc1. The fourth-order valence-electron chi connectivity index (χ4n) is 2.05. The minimum Gasteiger partial charge on any atom is -0.330 e. The second kappa shape index (κ2) is 9.56. The van der Waals surface area contributed by atoms with Gasteiger partial charge in [0.2, 0.25) is 5.91 Å². The Labute approximate surface area is 116 Å². The number of aryl methyl sites for hydroxylation is 1. The molecule has 3 N–H and O–H groups in total. The summed E-state index contributed by atoms with van der Waals surface area (Å²) in [5, 5.41) is 2.94. The third kappa shape index (κ3) is 6.97. The first kappa shape index (κ1) is 15.7. The van der Waals surface area contributed by atoms with Crippen molar-refractivity contribution < 1.29 is 4.79 Å². The molecule has 0 saturated carbocycles. The van der Waals surface area contributed by atoms with Crippen molar-refractivity contribution in [3.63, 3.8) is 0 Å². The number of amides is 1. The van der Waals surface area contributed by atoms with Crippen molar-refractivity contribution in [1.29, 1.82) is 0 Å². The molecule has 1 aromatic rings. The second-order valence-corrected chi connectivity index (χ2v) is 4.95. The Bertz CT molecular complexity index is 360. The van der Waals surface area contributed by atoms with E-state index in [1.165, 1.54) is 5.56 Å². The fourth-order valence-corrected chi connectivity index (χ4v) is 2.05. The van der Waals surface area contributed by atoms with Gasteiger partial charge < -0.3 is 11.1 Å². The number of nitrogens with two attached hydrogens (primary N) is 1. The van der Waals surface area contributed by atoms with E-state index in [1.807, 2.05) is 12.1 Å². The van der Waals surface area contributed by atoms with Crippen LogP contribution in [0.25, 0.3) is 0 Å². The Balaban J connectivity index is 2.24. The zero-order valence-electron chi connectivity index (χ0n) is 12.0. The van der Waals surface area contributed by atoms with Crippen molar-refractivity contribution in [2.45, 2.75) is 51.9 Å². The molecule has 0 atom stereocenters. The molecule has 0 unspecified atom stereocenters. The predicted octanol–water partition coefficient (Wildman–Crippen LogP) is 3.49. The first-order valence-electron chi connectivity index (χ1n) is 7.35. The highest BCUT2D eigenvalue weighted by Crippen LogP contribution is 2.12. The van der Waals surface area contributed by atoms with Crippen LogP contribution in [0.2, 0.25) is 0 Å². The van der Waals surface area contributed by atoms with Crippen LogP contribution in [0.5, 0.6) is 0 Å². The van der Waals surface area contributed by atoms with E-state index in [-0.39, 0.29) is 5.91 Å². The molecule has 0 radical (unpaired) electrons. The second-order valence-electron chi connectivity index (χ2n) is 4.95. The molecule has 0 saturated heterocycles. The largest absolute Gasteiger partial charge is 0.330 e. The number of anilines is 1. The summed E-state index contributed by atoms with van der Waals surface area (Å²) in [6.45, 7) is 2.91. The van der Waals surface area contributed by atoms with Gasteiger partial charge in [0, 0.05) is 12.1 Å². The Morgan fingerprint density at radius 3 is 2.42 bits per heavy atom. The molecular weight excluding hydrogens is 236 g/mol. The highest BCUT2D eigenvalue weighted by Gasteiger charge is 2.02. The molecule has 0 aliphatic heterocycles. The van der Waals surface area contributed by atoms with Crippen LogP contribution in [0.15, 0.2) is 24.3 Å². The number of nitrogens with one attached hydrogen (secondary N) is 1. The molecule has 1 aromatic carbocycles. The first-order chi connectivity index (χ1) is 9.26. The van der Waals surface area contributed by atoms with Crippen LogP contribution in [-0.2, 0) is 11.2 Å². The lowest BCUT2D eigenvalue weighted by Crippen LogP contribution is -2.11. The van der Waals surface area contributed by atoms with Crippen LogP contribution in [0.3, 0.4) is 0 Å². The number of carbonyl (C=O) groups is 1. The van der Waals surface area contributed by atoms with Crippen molar-refractivity contribution in [3.05, 3.63) is 29.8 Å². The quantitative estimate of drug-likeness (QED) is 0.669. The molecule has 0 bridgehead atoms. The van der Waals surface area contributed by atoms with Crippen LogP contribution >= 0.6 is 0 Å². The van der Waals surface area contributed by atoms with E-state index in [2.05, 4.69) is 24.4 Å². The number of unbranched alkanes of at least 4 members (excludes halogenated alkanes) is 3. The summed E-state index contributed by atoms with van der Waals surface area (Å²) >= 11 is 0. The Kier molecular flexibility index (Phi) is 7.91. The van der Waals surface area contributed by atoms with Crippen molar-refractivity contribution in [2.24, 2.45) is 5.73 Å². The average molecular weight is 262 g/mol. The van der Waals surface area contributed by atoms with Gasteiger partial charge in [0.05, 0.1) is 0 Å². The van der Waals surface area contributed by atoms with Gasteiger partial charge in [0.1, 0.15) is 0 Å². The van der Waals surface area contributed by atoms with Gasteiger partial charge in [-0.3, -0.25) is 4.79 Å². The maximum atomic E-state index is 11.7. The zero-order chi connectivity index (χ0) is 13.9. The van der Waals surface area contributed by atoms with E-state index < -0.39 is 0 Å². The number of carbonyl (C=O) groups excluding carboxylic acids is 1. The maximum absolute atomic E-state index is 11.7. The molecule has 0 fully saturated rings. The van der Waals surface area contributed by atoms with Gasteiger partial charge in [-0.1, -0.05) is 38.3 Å². The standard InChI is InChI=1S/C16H26N2O/c1-2-7-14-9-11-15(12-10-14)18-16(19)8-5-3-4-6-13-17/h9-12H,2-8,13,17H2,1H3,(H,18,19). The molecule has 0 spiro atoms. The number of hydrogen-bond acceptors (Lipinski definition) is 2. The Morgan fingerprint density at radius 2 is 1.79 bits per heavy atom. The Morgan fingerprint density at radius 1 is 1.11 bits per heavy atom. The van der Waals surface area contributed by atoms with Gasteiger partial charge >= 0.3 is 0 Å². The highest BCUT2D eigenvalue weighted by atomic mass is 16.1. The summed E-state index contributed by atoms with van der Waals surface area (Å²) in [7, 11) is 0. The zero-order valence-corrected chi connectivity index (χ0v) is 12.0. The van der Waals surface area contributed by atoms with Gasteiger partial charge in [-0.25, -0.2) is 0 Å². The number of hydrogen-bond donors (Lipinski definition) is 2. The third-order valence-electron chi connectivity index (χ3n) is 3.13. The maximum Gasteiger partial charge on any atom is 0.224 e. The Hall–Kier alpha value is -1.35. The molecule has 0 aromatic heterocycles. The molecule has 0 heterocycles. The van der Waals surface area contributed by atoms with E-state index in [4.69, 9.17) is 5.73 Å². The lowest BCUT2D eigenvalue weighted by atomic mass is 10.1. The van der Waals surface area contributed by atoms with E-state index >= 15 is 0 Å². The van der Waals surface area contributed by atoms with E-state index in [0.29, 0.717) is 6.42 Å². The van der Waals surface area contributed by atoms with Crippen LogP contribution < -0.4 is 11.1 Å². The van der Waals surface area contributed by atoms with Gasteiger partial charge in [-0.15, -0.1) is 0 Å². The molecular formula is C16H26N2O. The fraction of sp³-hybridized carbons (Fsp3) is 0.562. The predicted molar refractivity (Wildman–Crippen MR) is 81.2 cm³/mol. The lowest BCUT2D eigenvalue weighted by Gasteiger charge is -2.06. The lowest BCUT2D eigenvalue weighted by molar-refractivity contribution is -0.116. The van der Waals surface area contributed by atoms with Gasteiger partial charge in [0.25, 0.3) is 0 Å². The minimum atomic E-state index is 0.107. The van der Waals surface area contributed by atoms with Gasteiger partial charge in [0.15, 0.2) is 0 Å². The topological polar surface area (TPSA) is 55.1 Å². The van der Waals surface area contributed by atoms with E-state index in [1.54, 1.807) is 0 Å². The van der Waals surface area contributed by atoms with Crippen LogP contribution in [0.1, 0.15) is 51.0 Å². The van der Waals surface area contributed by atoms with Gasteiger partial charge in [-0.05, 0) is 43.5 Å². The van der Waals surface area contributed by atoms with Crippen molar-refractivity contribution in [2.75, 3.05) is 11.9 Å². The van der Waals surface area contributed by atoms with Crippen LogP contribution in [0, 0.1) is 0 Å². The molecule has 0 aliphatic rings. The average Bonchev–Trinajstić information content (AvgIpc) is 2.41. The van der Waals surface area contributed by atoms with Crippen molar-refractivity contribution in [1.82, 2.24) is 0 Å². The summed E-state index contributed by atoms with van der Waals surface area (Å²) in [4.78, 5) is 11.7. The normalized spacial score (nSPS) is 10.4. The van der Waals surface area contributed by atoms with E-state index in [9.17, 15) is 4.79 Å². The number of rotatable bonds is 9. The summed E-state index contributed by atoms with van der Waals surface area (Å²) in [6, 6.07) is 8.13. The molecule has 0 aliphatic carbocycles. The summed E-state index contributed by atoms with van der Waals surface area (Å²) in [5.41, 5.74) is 7.64. The van der Waals surface area contributed by atoms with Crippen molar-refractivity contribution in [3.8, 4) is 0 Å². The molecule has 1 amide bonds. The summed E-state index contributed by atoms with van der Waals surface area (Å²) in [5.74, 6) is 0.107. The molecule has 3 heteroatoms. The first-order valence-corrected chi connectivity index (χ1v) is 7.35.